The van der Waals surface area contributed by atoms with Gasteiger partial charge in [0.15, 0.2) is 0 Å². The predicted octanol–water partition coefficient (Wildman–Crippen LogP) is 1.83. The molecule has 0 atom stereocenters. The number of carboxylic acids is 1. The van der Waals surface area contributed by atoms with Crippen molar-refractivity contribution in [1.29, 1.82) is 0 Å². The molecule has 1 aliphatic rings. The Bertz CT molecular complexity index is 291. The van der Waals surface area contributed by atoms with E-state index in [0.717, 1.165) is 37.9 Å². The maximum atomic E-state index is 11.7. The molecule has 0 unspecified atom stereocenters. The Morgan fingerprint density at radius 2 is 1.94 bits per heavy atom. The van der Waals surface area contributed by atoms with Crippen molar-refractivity contribution in [3.05, 3.63) is 0 Å². The first kappa shape index (κ1) is 15.1. The molecule has 0 aliphatic heterocycles. The van der Waals surface area contributed by atoms with E-state index >= 15 is 0 Å². The van der Waals surface area contributed by atoms with Crippen LogP contribution in [0.2, 0.25) is 0 Å². The van der Waals surface area contributed by atoms with Crippen LogP contribution in [0.1, 0.15) is 38.5 Å². The number of hydrogen-bond donors (Lipinski definition) is 3. The summed E-state index contributed by atoms with van der Waals surface area (Å²) in [5.41, 5.74) is -0.548. The highest BCUT2D eigenvalue weighted by molar-refractivity contribution is 7.98. The molecule has 1 saturated carbocycles. The van der Waals surface area contributed by atoms with E-state index in [-0.39, 0.29) is 12.5 Å². The molecule has 0 aromatic carbocycles. The molecule has 104 valence electrons. The smallest absolute Gasteiger partial charge is 0.315 e. The minimum atomic E-state index is -0.846. The van der Waals surface area contributed by atoms with Gasteiger partial charge in [0.05, 0.1) is 12.0 Å². The highest BCUT2D eigenvalue weighted by Gasteiger charge is 2.35. The molecule has 5 nitrogen and oxygen atoms in total. The van der Waals surface area contributed by atoms with Crippen LogP contribution in [0.4, 0.5) is 4.79 Å². The topological polar surface area (TPSA) is 78.4 Å². The van der Waals surface area contributed by atoms with Gasteiger partial charge in [0, 0.05) is 12.3 Å². The molecule has 2 amide bonds. The molecule has 0 bridgehead atoms. The summed E-state index contributed by atoms with van der Waals surface area (Å²) in [6, 6.07) is -0.243. The Hall–Kier alpha value is -0.910. The van der Waals surface area contributed by atoms with E-state index in [1.165, 1.54) is 0 Å². The van der Waals surface area contributed by atoms with Crippen LogP contribution in [-0.4, -0.2) is 41.2 Å². The van der Waals surface area contributed by atoms with Crippen LogP contribution in [-0.2, 0) is 4.79 Å². The van der Waals surface area contributed by atoms with E-state index in [2.05, 4.69) is 10.6 Å². The number of rotatable bonds is 6. The van der Waals surface area contributed by atoms with Gasteiger partial charge in [-0.15, -0.1) is 0 Å². The fourth-order valence-corrected chi connectivity index (χ4v) is 2.72. The number of carbonyl (C=O) groups excluding carboxylic acids is 1. The number of aliphatic carboxylic acids is 1. The lowest BCUT2D eigenvalue weighted by atomic mass is 9.79. The molecule has 0 spiro atoms. The quantitative estimate of drug-likeness (QED) is 0.646. The summed E-state index contributed by atoms with van der Waals surface area (Å²) in [6.07, 6.45) is 6.61. The Labute approximate surface area is 112 Å². The molecule has 0 heterocycles. The van der Waals surface area contributed by atoms with Crippen LogP contribution in [0.3, 0.4) is 0 Å². The van der Waals surface area contributed by atoms with E-state index in [0.29, 0.717) is 6.54 Å². The molecule has 0 saturated heterocycles. The van der Waals surface area contributed by atoms with E-state index < -0.39 is 11.5 Å². The molecule has 3 N–H and O–H groups in total. The van der Waals surface area contributed by atoms with E-state index in [1.54, 1.807) is 11.8 Å². The van der Waals surface area contributed by atoms with Crippen LogP contribution in [0.5, 0.6) is 0 Å². The second-order valence-corrected chi connectivity index (χ2v) is 5.77. The summed E-state index contributed by atoms with van der Waals surface area (Å²) in [5.74, 6) is 0.0145. The first-order chi connectivity index (χ1) is 8.58. The van der Waals surface area contributed by atoms with Gasteiger partial charge >= 0.3 is 12.0 Å². The zero-order valence-electron chi connectivity index (χ0n) is 10.8. The highest BCUT2D eigenvalue weighted by atomic mass is 32.2. The average Bonchev–Trinajstić information content (AvgIpc) is 2.29. The first-order valence-corrected chi connectivity index (χ1v) is 7.74. The van der Waals surface area contributed by atoms with E-state index in [9.17, 15) is 9.59 Å². The van der Waals surface area contributed by atoms with Gasteiger partial charge in [-0.1, -0.05) is 19.3 Å². The maximum Gasteiger partial charge on any atom is 0.315 e. The van der Waals surface area contributed by atoms with Gasteiger partial charge in [-0.25, -0.2) is 4.79 Å². The van der Waals surface area contributed by atoms with Gasteiger partial charge in [0.2, 0.25) is 0 Å². The summed E-state index contributed by atoms with van der Waals surface area (Å²) < 4.78 is 0. The van der Waals surface area contributed by atoms with E-state index in [1.807, 2.05) is 6.26 Å². The Balaban J connectivity index is 2.49. The fourth-order valence-electron chi connectivity index (χ4n) is 2.42. The summed E-state index contributed by atoms with van der Waals surface area (Å²) in [7, 11) is 0. The summed E-state index contributed by atoms with van der Waals surface area (Å²) in [6.45, 7) is 0.607. The fraction of sp³-hybridized carbons (Fsp3) is 0.833. The third kappa shape index (κ3) is 5.16. The number of nitrogens with one attached hydrogen (secondary N) is 2. The molecule has 1 rings (SSSR count). The van der Waals surface area contributed by atoms with Gasteiger partial charge in [-0.3, -0.25) is 4.79 Å². The number of thioether (sulfide) groups is 1. The standard InChI is InChI=1S/C12H22N2O3S/c1-18-8-7-13-11(17)14-12(9-10(15)16)5-3-2-4-6-12/h2-9H2,1H3,(H,15,16)(H2,13,14,17). The maximum absolute atomic E-state index is 11.7. The third-order valence-electron chi connectivity index (χ3n) is 3.27. The SMILES string of the molecule is CSCCNC(=O)NC1(CC(=O)O)CCCCC1. The van der Waals surface area contributed by atoms with Gasteiger partial charge in [0.25, 0.3) is 0 Å². The van der Waals surface area contributed by atoms with Crippen molar-refractivity contribution >= 4 is 23.8 Å². The largest absolute Gasteiger partial charge is 0.481 e. The molecule has 0 aromatic rings. The summed E-state index contributed by atoms with van der Waals surface area (Å²) >= 11 is 1.66. The summed E-state index contributed by atoms with van der Waals surface area (Å²) in [5, 5.41) is 14.6. The van der Waals surface area contributed by atoms with Gasteiger partial charge < -0.3 is 15.7 Å². The van der Waals surface area contributed by atoms with Crippen molar-refractivity contribution in [3.63, 3.8) is 0 Å². The monoisotopic (exact) mass is 274 g/mol. The zero-order valence-corrected chi connectivity index (χ0v) is 11.6. The van der Waals surface area contributed by atoms with Crippen LogP contribution in [0.25, 0.3) is 0 Å². The number of carboxylic acid groups (broad SMARTS) is 1. The molecule has 0 radical (unpaired) electrons. The molecule has 18 heavy (non-hydrogen) atoms. The van der Waals surface area contributed by atoms with Crippen LogP contribution >= 0.6 is 11.8 Å². The normalized spacial score (nSPS) is 18.1. The van der Waals surface area contributed by atoms with Crippen LogP contribution < -0.4 is 10.6 Å². The van der Waals surface area contributed by atoms with Crippen LogP contribution in [0, 0.1) is 0 Å². The predicted molar refractivity (Wildman–Crippen MR) is 73.0 cm³/mol. The summed E-state index contributed by atoms with van der Waals surface area (Å²) in [4.78, 5) is 22.7. The second kappa shape index (κ2) is 7.51. The Morgan fingerprint density at radius 3 is 2.50 bits per heavy atom. The van der Waals surface area contributed by atoms with Crippen molar-refractivity contribution < 1.29 is 14.7 Å². The number of hydrogen-bond acceptors (Lipinski definition) is 3. The van der Waals surface area contributed by atoms with Gasteiger partial charge in [-0.2, -0.15) is 11.8 Å². The first-order valence-electron chi connectivity index (χ1n) is 6.35. The molecule has 0 aromatic heterocycles. The van der Waals surface area contributed by atoms with Gasteiger partial charge in [0.1, 0.15) is 0 Å². The van der Waals surface area contributed by atoms with E-state index in [4.69, 9.17) is 5.11 Å². The van der Waals surface area contributed by atoms with Crippen molar-refractivity contribution in [2.45, 2.75) is 44.1 Å². The number of amides is 2. The minimum absolute atomic E-state index is 0.0168. The second-order valence-electron chi connectivity index (χ2n) is 4.79. The third-order valence-corrected chi connectivity index (χ3v) is 3.88. The molecule has 1 fully saturated rings. The molecule has 1 aliphatic carbocycles. The molecular formula is C12H22N2O3S. The number of urea groups is 1. The molecular weight excluding hydrogens is 252 g/mol. The zero-order chi connectivity index (χ0) is 13.4. The average molecular weight is 274 g/mol. The Kier molecular flexibility index (Phi) is 6.32. The van der Waals surface area contributed by atoms with Crippen LogP contribution in [0.15, 0.2) is 0 Å². The van der Waals surface area contributed by atoms with Crippen molar-refractivity contribution in [2.24, 2.45) is 0 Å². The lowest BCUT2D eigenvalue weighted by molar-refractivity contribution is -0.139. The Morgan fingerprint density at radius 1 is 1.28 bits per heavy atom. The lowest BCUT2D eigenvalue weighted by Crippen LogP contribution is -2.54. The molecule has 6 heteroatoms. The van der Waals surface area contributed by atoms with Gasteiger partial charge in [-0.05, 0) is 19.1 Å². The highest BCUT2D eigenvalue weighted by Crippen LogP contribution is 2.31. The lowest BCUT2D eigenvalue weighted by Gasteiger charge is -2.36. The van der Waals surface area contributed by atoms with Crippen molar-refractivity contribution in [2.75, 3.05) is 18.6 Å². The van der Waals surface area contributed by atoms with Crippen molar-refractivity contribution in [3.8, 4) is 0 Å². The van der Waals surface area contributed by atoms with Crippen molar-refractivity contribution in [1.82, 2.24) is 10.6 Å². The number of carbonyl (C=O) groups is 2. The minimum Gasteiger partial charge on any atom is -0.481 e.